The van der Waals surface area contributed by atoms with Gasteiger partial charge in [-0.05, 0) is 84.2 Å². The maximum absolute atomic E-state index is 13.8. The summed E-state index contributed by atoms with van der Waals surface area (Å²) in [5, 5.41) is 10.0. The Balaban J connectivity index is 1.37. The zero-order valence-corrected chi connectivity index (χ0v) is 21.7. The summed E-state index contributed by atoms with van der Waals surface area (Å²) < 4.78 is 7.98. The molecule has 3 fully saturated rings. The molecule has 7 heteroatoms. The van der Waals surface area contributed by atoms with Gasteiger partial charge in [-0.2, -0.15) is 5.10 Å². The molecule has 35 heavy (non-hydrogen) atoms. The summed E-state index contributed by atoms with van der Waals surface area (Å²) in [7, 11) is 0. The number of furan rings is 1. The fourth-order valence-corrected chi connectivity index (χ4v) is 8.74. The van der Waals surface area contributed by atoms with Gasteiger partial charge < -0.3 is 9.73 Å². The van der Waals surface area contributed by atoms with Gasteiger partial charge in [0.05, 0.1) is 10.7 Å². The van der Waals surface area contributed by atoms with Crippen molar-refractivity contribution in [3.8, 4) is 5.69 Å². The third kappa shape index (κ3) is 2.51. The van der Waals surface area contributed by atoms with Crippen molar-refractivity contribution in [1.29, 1.82) is 0 Å². The highest BCUT2D eigenvalue weighted by Gasteiger charge is 2.85. The van der Waals surface area contributed by atoms with Gasteiger partial charge in [0, 0.05) is 16.5 Å². The quantitative estimate of drug-likeness (QED) is 0.315. The van der Waals surface area contributed by atoms with E-state index in [0.717, 1.165) is 28.0 Å². The van der Waals surface area contributed by atoms with Crippen molar-refractivity contribution >= 4 is 51.2 Å². The molecule has 4 unspecified atom stereocenters. The first-order valence-electron chi connectivity index (χ1n) is 12.3. The lowest BCUT2D eigenvalue weighted by Crippen LogP contribution is -2.71. The minimum atomic E-state index is -0.201. The van der Waals surface area contributed by atoms with Gasteiger partial charge >= 0.3 is 0 Å². The molecular formula is C28H27Cl2N3O2. The van der Waals surface area contributed by atoms with Crippen LogP contribution in [0.5, 0.6) is 0 Å². The van der Waals surface area contributed by atoms with Gasteiger partial charge in [0.2, 0.25) is 0 Å². The lowest BCUT2D eigenvalue weighted by Gasteiger charge is -2.66. The molecule has 1 amide bonds. The first-order valence-corrected chi connectivity index (χ1v) is 13.0. The molecule has 3 aliphatic carbocycles. The highest BCUT2D eigenvalue weighted by atomic mass is 35.5. The van der Waals surface area contributed by atoms with Crippen LogP contribution < -0.4 is 5.32 Å². The first-order chi connectivity index (χ1) is 16.6. The van der Waals surface area contributed by atoms with Crippen LogP contribution in [0.1, 0.15) is 56.1 Å². The number of aromatic nitrogens is 2. The lowest BCUT2D eigenvalue weighted by molar-refractivity contribution is -0.146. The summed E-state index contributed by atoms with van der Waals surface area (Å²) in [4.78, 5) is 13.8. The van der Waals surface area contributed by atoms with Crippen LogP contribution in [0, 0.1) is 29.1 Å². The van der Waals surface area contributed by atoms with Crippen LogP contribution in [-0.4, -0.2) is 21.7 Å². The summed E-state index contributed by atoms with van der Waals surface area (Å²) in [5.41, 5.74) is 4.51. The Kier molecular flexibility index (Phi) is 4.12. The second-order valence-corrected chi connectivity index (χ2v) is 12.4. The molecule has 2 aromatic heterocycles. The van der Waals surface area contributed by atoms with E-state index in [1.807, 2.05) is 31.2 Å². The molecule has 180 valence electrons. The highest BCUT2D eigenvalue weighted by molar-refractivity contribution is 6.35. The topological polar surface area (TPSA) is 60.1 Å². The van der Waals surface area contributed by atoms with Crippen LogP contribution in [0.15, 0.2) is 40.8 Å². The molecular weight excluding hydrogens is 481 g/mol. The number of carbonyl (C=O) groups excluding carboxylic acids is 1. The molecule has 0 aliphatic heterocycles. The molecule has 1 spiro atoms. The number of aryl methyl sites for hydroxylation is 1. The first kappa shape index (κ1) is 21.8. The van der Waals surface area contributed by atoms with Gasteiger partial charge in [-0.3, -0.25) is 4.79 Å². The standard InChI is InChI=1S/C28H27Cl2N3O2/c1-14-5-7-17-20(11-14)35-23-21(32-33(22(17)23)19-8-6-16(29)12-18(19)30)24(34)31-25-26(2,3)28-13-15(28)9-10-27(25,28)4/h5-8,11-12,15,25H,9-10,13H2,1-4H3,(H,31,34). The van der Waals surface area contributed by atoms with E-state index in [0.29, 0.717) is 26.7 Å². The second-order valence-electron chi connectivity index (χ2n) is 11.6. The molecule has 4 aromatic rings. The average Bonchev–Trinajstić information content (AvgIpc) is 3.21. The minimum absolute atomic E-state index is 0.0603. The van der Waals surface area contributed by atoms with Gasteiger partial charge in [0.1, 0.15) is 11.1 Å². The Labute approximate surface area is 213 Å². The predicted molar refractivity (Wildman–Crippen MR) is 139 cm³/mol. The minimum Gasteiger partial charge on any atom is -0.452 e. The number of nitrogens with one attached hydrogen (secondary N) is 1. The van der Waals surface area contributed by atoms with E-state index in [9.17, 15) is 4.79 Å². The third-order valence-corrected chi connectivity index (χ3v) is 10.3. The Hall–Kier alpha value is -2.50. The van der Waals surface area contributed by atoms with Crippen molar-refractivity contribution in [2.75, 3.05) is 0 Å². The van der Waals surface area contributed by atoms with E-state index in [1.54, 1.807) is 16.8 Å². The number of hydrogen-bond acceptors (Lipinski definition) is 3. The lowest BCUT2D eigenvalue weighted by atomic mass is 9.41. The Bertz CT molecular complexity index is 1580. The fraction of sp³-hybridized carbons (Fsp3) is 0.429. The number of rotatable bonds is 3. The molecule has 7 rings (SSSR count). The zero-order chi connectivity index (χ0) is 24.5. The Morgan fingerprint density at radius 3 is 2.71 bits per heavy atom. The van der Waals surface area contributed by atoms with Crippen LogP contribution in [0.25, 0.3) is 27.8 Å². The normalized spacial score (nSPS) is 30.2. The SMILES string of the molecule is Cc1ccc2c(c1)oc1c(C(=O)NC3C(C)(C)C45CC4CCC35C)nn(-c3ccc(Cl)cc3Cl)c12. The summed E-state index contributed by atoms with van der Waals surface area (Å²) in [6, 6.07) is 11.4. The van der Waals surface area contributed by atoms with Crippen LogP contribution >= 0.6 is 23.2 Å². The van der Waals surface area contributed by atoms with Gasteiger partial charge in [0.15, 0.2) is 11.3 Å². The van der Waals surface area contributed by atoms with Crippen LogP contribution in [0.2, 0.25) is 10.0 Å². The maximum atomic E-state index is 13.8. The van der Waals surface area contributed by atoms with Crippen molar-refractivity contribution in [2.24, 2.45) is 22.2 Å². The second kappa shape index (κ2) is 6.63. The molecule has 2 heterocycles. The Morgan fingerprint density at radius 2 is 1.97 bits per heavy atom. The summed E-state index contributed by atoms with van der Waals surface area (Å²) >= 11 is 12.7. The van der Waals surface area contributed by atoms with Crippen molar-refractivity contribution < 1.29 is 9.21 Å². The number of nitrogens with zero attached hydrogens (tertiary/aromatic N) is 2. The van der Waals surface area contributed by atoms with E-state index < -0.39 is 0 Å². The molecule has 0 radical (unpaired) electrons. The summed E-state index contributed by atoms with van der Waals surface area (Å²) in [6.45, 7) is 9.01. The zero-order valence-electron chi connectivity index (χ0n) is 20.2. The number of hydrogen-bond donors (Lipinski definition) is 1. The highest BCUT2D eigenvalue weighted by Crippen LogP contribution is 2.88. The molecule has 4 atom stereocenters. The van der Waals surface area contributed by atoms with E-state index >= 15 is 0 Å². The molecule has 3 saturated carbocycles. The smallest absolute Gasteiger partial charge is 0.275 e. The van der Waals surface area contributed by atoms with E-state index in [-0.39, 0.29) is 28.5 Å². The van der Waals surface area contributed by atoms with E-state index in [1.165, 1.54) is 19.3 Å². The van der Waals surface area contributed by atoms with Crippen LogP contribution in [0.3, 0.4) is 0 Å². The van der Waals surface area contributed by atoms with Crippen molar-refractivity contribution in [1.82, 2.24) is 15.1 Å². The van der Waals surface area contributed by atoms with Gasteiger partial charge in [-0.25, -0.2) is 4.68 Å². The van der Waals surface area contributed by atoms with Crippen molar-refractivity contribution in [3.05, 3.63) is 57.7 Å². The fourth-order valence-electron chi connectivity index (χ4n) is 8.25. The number of benzene rings is 2. The van der Waals surface area contributed by atoms with Crippen molar-refractivity contribution in [2.45, 2.75) is 53.0 Å². The van der Waals surface area contributed by atoms with Crippen LogP contribution in [-0.2, 0) is 0 Å². The van der Waals surface area contributed by atoms with E-state index in [4.69, 9.17) is 32.7 Å². The monoisotopic (exact) mass is 507 g/mol. The number of halogens is 2. The van der Waals surface area contributed by atoms with Crippen molar-refractivity contribution in [3.63, 3.8) is 0 Å². The largest absolute Gasteiger partial charge is 0.452 e. The number of carbonyl (C=O) groups is 1. The third-order valence-electron chi connectivity index (χ3n) is 9.72. The van der Waals surface area contributed by atoms with Gasteiger partial charge in [-0.1, -0.05) is 50.0 Å². The molecule has 5 nitrogen and oxygen atoms in total. The molecule has 1 N–H and O–H groups in total. The average molecular weight is 508 g/mol. The van der Waals surface area contributed by atoms with Crippen LogP contribution in [0.4, 0.5) is 0 Å². The molecule has 2 aromatic carbocycles. The van der Waals surface area contributed by atoms with Gasteiger partial charge in [0.25, 0.3) is 5.91 Å². The van der Waals surface area contributed by atoms with Gasteiger partial charge in [-0.15, -0.1) is 0 Å². The molecule has 3 aliphatic rings. The number of amides is 1. The van der Waals surface area contributed by atoms with E-state index in [2.05, 4.69) is 26.1 Å². The summed E-state index contributed by atoms with van der Waals surface area (Å²) in [5.74, 6) is 0.611. The summed E-state index contributed by atoms with van der Waals surface area (Å²) in [6.07, 6.45) is 3.73. The molecule has 0 saturated heterocycles. The molecule has 0 bridgehead atoms. The number of fused-ring (bicyclic) bond motifs is 3. The predicted octanol–water partition coefficient (Wildman–Crippen LogP) is 7.33. The maximum Gasteiger partial charge on any atom is 0.275 e. The Morgan fingerprint density at radius 1 is 1.17 bits per heavy atom.